The molecule has 0 aliphatic carbocycles. The van der Waals surface area contributed by atoms with E-state index in [1.54, 1.807) is 0 Å². The Labute approximate surface area is 248 Å². The van der Waals surface area contributed by atoms with Crippen LogP contribution in [0.5, 0.6) is 0 Å². The van der Waals surface area contributed by atoms with E-state index in [9.17, 15) is 0 Å². The lowest BCUT2D eigenvalue weighted by molar-refractivity contribution is 0.671. The molecule has 2 heterocycles. The number of benzene rings is 7. The minimum atomic E-state index is 0.913. The monoisotopic (exact) mass is 547 g/mol. The van der Waals surface area contributed by atoms with Gasteiger partial charge in [-0.05, 0) is 39.4 Å². The molecule has 9 aromatic rings. The maximum atomic E-state index is 6.65. The summed E-state index contributed by atoms with van der Waals surface area (Å²) >= 11 is 0. The van der Waals surface area contributed by atoms with Crippen LogP contribution in [0, 0.1) is 0 Å². The summed E-state index contributed by atoms with van der Waals surface area (Å²) in [5.74, 6) is 0. The molecule has 0 bridgehead atoms. The maximum absolute atomic E-state index is 6.65. The fraction of sp³-hybridized carbons (Fsp3) is 0. The second-order valence-corrected chi connectivity index (χ2v) is 11.1. The van der Waals surface area contributed by atoms with Gasteiger partial charge in [0.25, 0.3) is 0 Å². The number of hydrogen-bond donors (Lipinski definition) is 0. The van der Waals surface area contributed by atoms with Gasteiger partial charge in [-0.15, -0.1) is 0 Å². The third-order valence-corrected chi connectivity index (χ3v) is 8.69. The van der Waals surface area contributed by atoms with Crippen LogP contribution in [0.2, 0.25) is 0 Å². The number of nitrogens with zero attached hydrogens (tertiary/aromatic N) is 1. The predicted octanol–water partition coefficient (Wildman–Crippen LogP) is 11.4. The van der Waals surface area contributed by atoms with E-state index < -0.39 is 0 Å². The van der Waals surface area contributed by atoms with Crippen molar-refractivity contribution in [1.29, 1.82) is 0 Å². The fourth-order valence-electron chi connectivity index (χ4n) is 6.63. The first-order valence-corrected chi connectivity index (χ1v) is 14.6. The molecule has 7 aromatic carbocycles. The Morgan fingerprint density at radius 1 is 0.326 bits per heavy atom. The van der Waals surface area contributed by atoms with Crippen molar-refractivity contribution in [2.45, 2.75) is 0 Å². The maximum Gasteiger partial charge on any atom is 0.143 e. The first kappa shape index (κ1) is 23.9. The third-order valence-electron chi connectivity index (χ3n) is 8.69. The topological polar surface area (TPSA) is 26.0 Å². The highest BCUT2D eigenvalue weighted by molar-refractivity contribution is 6.24. The van der Waals surface area contributed by atoms with Crippen LogP contribution in [0.25, 0.3) is 87.9 Å². The summed E-state index contributed by atoms with van der Waals surface area (Å²) in [5.41, 5.74) is 9.40. The van der Waals surface area contributed by atoms with E-state index in [1.807, 2.05) is 6.07 Å². The minimum absolute atomic E-state index is 0.913. The Bertz CT molecular complexity index is 2450. The zero-order valence-corrected chi connectivity index (χ0v) is 23.3. The molecule has 0 N–H and O–H groups in total. The van der Waals surface area contributed by atoms with Crippen LogP contribution in [-0.4, -0.2) is 4.98 Å². The highest BCUT2D eigenvalue weighted by Crippen LogP contribution is 2.40. The van der Waals surface area contributed by atoms with Gasteiger partial charge in [0.1, 0.15) is 11.2 Å². The van der Waals surface area contributed by atoms with Crippen LogP contribution < -0.4 is 0 Å². The van der Waals surface area contributed by atoms with Crippen LogP contribution in [0.3, 0.4) is 0 Å². The Kier molecular flexibility index (Phi) is 5.23. The predicted molar refractivity (Wildman–Crippen MR) is 180 cm³/mol. The molecule has 0 radical (unpaired) electrons. The van der Waals surface area contributed by atoms with E-state index in [4.69, 9.17) is 9.40 Å². The normalized spacial score (nSPS) is 11.7. The average Bonchev–Trinajstić information content (AvgIpc) is 3.48. The number of fused-ring (bicyclic) bond motifs is 9. The number of pyridine rings is 1. The van der Waals surface area contributed by atoms with E-state index in [-0.39, 0.29) is 0 Å². The van der Waals surface area contributed by atoms with Gasteiger partial charge in [0.15, 0.2) is 0 Å². The largest absolute Gasteiger partial charge is 0.455 e. The summed E-state index contributed by atoms with van der Waals surface area (Å²) < 4.78 is 6.65. The van der Waals surface area contributed by atoms with Crippen molar-refractivity contribution in [2.75, 3.05) is 0 Å². The summed E-state index contributed by atoms with van der Waals surface area (Å²) in [6, 6.07) is 53.5. The Hall–Kier alpha value is -5.73. The molecule has 0 aliphatic rings. The van der Waals surface area contributed by atoms with Crippen LogP contribution in [0.1, 0.15) is 0 Å². The van der Waals surface area contributed by atoms with E-state index in [0.29, 0.717) is 0 Å². The van der Waals surface area contributed by atoms with Crippen molar-refractivity contribution in [3.05, 3.63) is 152 Å². The van der Waals surface area contributed by atoms with Crippen molar-refractivity contribution in [2.24, 2.45) is 0 Å². The van der Waals surface area contributed by atoms with Crippen molar-refractivity contribution in [3.8, 4) is 33.5 Å². The van der Waals surface area contributed by atoms with Crippen molar-refractivity contribution in [1.82, 2.24) is 4.98 Å². The molecule has 2 heteroatoms. The number of aromatic nitrogens is 1. The van der Waals surface area contributed by atoms with E-state index in [2.05, 4.69) is 146 Å². The lowest BCUT2D eigenvalue weighted by Crippen LogP contribution is -1.89. The molecule has 2 nitrogen and oxygen atoms in total. The summed E-state index contributed by atoms with van der Waals surface area (Å²) in [6.07, 6.45) is 0. The van der Waals surface area contributed by atoms with Crippen LogP contribution in [-0.2, 0) is 0 Å². The Morgan fingerprint density at radius 2 is 0.791 bits per heavy atom. The molecule has 0 atom stereocenters. The van der Waals surface area contributed by atoms with Gasteiger partial charge in [0.05, 0.1) is 11.2 Å². The van der Waals surface area contributed by atoms with Gasteiger partial charge in [-0.3, -0.25) is 0 Å². The fourth-order valence-corrected chi connectivity index (χ4v) is 6.63. The average molecular weight is 548 g/mol. The number of furan rings is 1. The highest BCUT2D eigenvalue weighted by Gasteiger charge is 2.16. The summed E-state index contributed by atoms with van der Waals surface area (Å²) in [7, 11) is 0. The first-order chi connectivity index (χ1) is 21.3. The summed E-state index contributed by atoms with van der Waals surface area (Å²) in [6.45, 7) is 0. The highest BCUT2D eigenvalue weighted by atomic mass is 16.3. The Balaban J connectivity index is 1.17. The van der Waals surface area contributed by atoms with E-state index in [1.165, 1.54) is 26.9 Å². The molecule has 0 saturated heterocycles. The van der Waals surface area contributed by atoms with E-state index >= 15 is 0 Å². The molecule has 0 spiro atoms. The van der Waals surface area contributed by atoms with Gasteiger partial charge < -0.3 is 4.42 Å². The molecule has 0 amide bonds. The molecular weight excluding hydrogens is 522 g/mol. The van der Waals surface area contributed by atoms with Crippen molar-refractivity contribution < 1.29 is 4.42 Å². The number of para-hydroxylation sites is 2. The SMILES string of the molecule is c1ccc(-c2cccc3c2oc2c(-c4ccc(-c5ccc6c7ccccc7c7ccccc7c6n5)cc4)cccc23)cc1. The zero-order valence-electron chi connectivity index (χ0n) is 23.3. The van der Waals surface area contributed by atoms with Crippen LogP contribution in [0.15, 0.2) is 156 Å². The molecule has 0 aliphatic heterocycles. The smallest absolute Gasteiger partial charge is 0.143 e. The quantitative estimate of drug-likeness (QED) is 0.206. The molecule has 0 fully saturated rings. The van der Waals surface area contributed by atoms with Gasteiger partial charge >= 0.3 is 0 Å². The number of hydrogen-bond acceptors (Lipinski definition) is 2. The van der Waals surface area contributed by atoms with Gasteiger partial charge in [0, 0.05) is 38.2 Å². The summed E-state index contributed by atoms with van der Waals surface area (Å²) in [4.78, 5) is 5.22. The van der Waals surface area contributed by atoms with Crippen LogP contribution in [0.4, 0.5) is 0 Å². The summed E-state index contributed by atoms with van der Waals surface area (Å²) in [5, 5.41) is 8.36. The lowest BCUT2D eigenvalue weighted by atomic mass is 9.96. The molecule has 43 heavy (non-hydrogen) atoms. The standard InChI is InChI=1S/C41H25NO/c1-2-10-26(11-3-1)29-16-8-18-36-37-19-9-17-30(41(37)43-40(29)36)27-20-22-28(23-21-27)38-25-24-35-33-14-5-4-12-31(33)32-13-6-7-15-34(32)39(35)42-38/h1-25H. The Morgan fingerprint density at radius 3 is 1.42 bits per heavy atom. The molecule has 0 saturated carbocycles. The third kappa shape index (κ3) is 3.70. The molecule has 200 valence electrons. The molecular formula is C41H25NO. The van der Waals surface area contributed by atoms with Crippen molar-refractivity contribution >= 4 is 54.4 Å². The van der Waals surface area contributed by atoms with Crippen molar-refractivity contribution in [3.63, 3.8) is 0 Å². The number of rotatable bonds is 3. The molecule has 9 rings (SSSR count). The van der Waals surface area contributed by atoms with E-state index in [0.717, 1.165) is 61.0 Å². The molecule has 0 unspecified atom stereocenters. The first-order valence-electron chi connectivity index (χ1n) is 14.6. The van der Waals surface area contributed by atoms with Gasteiger partial charge in [-0.2, -0.15) is 0 Å². The van der Waals surface area contributed by atoms with Gasteiger partial charge in [0.2, 0.25) is 0 Å². The van der Waals surface area contributed by atoms with Gasteiger partial charge in [-0.25, -0.2) is 4.98 Å². The minimum Gasteiger partial charge on any atom is -0.455 e. The zero-order chi connectivity index (χ0) is 28.3. The van der Waals surface area contributed by atoms with Crippen LogP contribution >= 0.6 is 0 Å². The second kappa shape index (κ2) is 9.40. The van der Waals surface area contributed by atoms with Gasteiger partial charge in [-0.1, -0.05) is 140 Å². The molecule has 2 aromatic heterocycles. The second-order valence-electron chi connectivity index (χ2n) is 11.1. The lowest BCUT2D eigenvalue weighted by Gasteiger charge is -2.11.